The van der Waals surface area contributed by atoms with Gasteiger partial charge >= 0.3 is 6.09 Å². The fourth-order valence-electron chi connectivity index (χ4n) is 2.46. The van der Waals surface area contributed by atoms with Gasteiger partial charge in [-0.3, -0.25) is 5.32 Å². The number of benzene rings is 3. The molecule has 146 valence electrons. The molecule has 0 fully saturated rings. The van der Waals surface area contributed by atoms with Crippen molar-refractivity contribution in [3.63, 3.8) is 0 Å². The summed E-state index contributed by atoms with van der Waals surface area (Å²) in [6.07, 6.45) is 4.98. The molecule has 0 aromatic heterocycles. The predicted octanol–water partition coefficient (Wildman–Crippen LogP) is 5.74. The minimum Gasteiger partial charge on any atom is -0.508 e. The molecule has 0 aliphatic rings. The fourth-order valence-corrected chi connectivity index (χ4v) is 2.46. The van der Waals surface area contributed by atoms with Crippen LogP contribution in [0.2, 0.25) is 0 Å². The first-order valence-electron chi connectivity index (χ1n) is 9.02. The van der Waals surface area contributed by atoms with Crippen molar-refractivity contribution in [3.05, 3.63) is 96.6 Å². The molecule has 0 heterocycles. The molecule has 0 atom stereocenters. The number of carbonyl (C=O) groups excluding carboxylic acids is 1. The maximum absolute atomic E-state index is 12.0. The van der Waals surface area contributed by atoms with E-state index in [2.05, 4.69) is 11.9 Å². The van der Waals surface area contributed by atoms with Crippen molar-refractivity contribution in [2.45, 2.75) is 0 Å². The summed E-state index contributed by atoms with van der Waals surface area (Å²) in [7, 11) is 0. The first-order chi connectivity index (χ1) is 14.1. The zero-order valence-electron chi connectivity index (χ0n) is 15.7. The molecule has 0 unspecified atom stereocenters. The quantitative estimate of drug-likeness (QED) is 0.401. The van der Waals surface area contributed by atoms with Crippen molar-refractivity contribution >= 4 is 23.9 Å². The molecule has 0 saturated heterocycles. The second-order valence-corrected chi connectivity index (χ2v) is 6.13. The molecule has 29 heavy (non-hydrogen) atoms. The van der Waals surface area contributed by atoms with Crippen molar-refractivity contribution in [2.24, 2.45) is 0 Å². The second kappa shape index (κ2) is 9.80. The average Bonchev–Trinajstić information content (AvgIpc) is 2.74. The number of phenols is 1. The number of aromatic hydroxyl groups is 1. The first-order valence-corrected chi connectivity index (χ1v) is 9.02. The Balaban J connectivity index is 1.52. The van der Waals surface area contributed by atoms with Gasteiger partial charge in [0.05, 0.1) is 0 Å². The number of amides is 1. The Kier molecular flexibility index (Phi) is 6.68. The van der Waals surface area contributed by atoms with Crippen molar-refractivity contribution in [1.29, 1.82) is 0 Å². The molecular formula is C24H21NO4. The SMILES string of the molecule is C=CCOc1ccc(OC(=O)Nc2ccc(C=Cc3ccc(O)cc3)cc2)cc1. The minimum atomic E-state index is -0.572. The van der Waals surface area contributed by atoms with E-state index in [0.717, 1.165) is 11.1 Å². The van der Waals surface area contributed by atoms with Crippen LogP contribution in [-0.2, 0) is 0 Å². The van der Waals surface area contributed by atoms with Gasteiger partial charge in [-0.05, 0) is 59.7 Å². The summed E-state index contributed by atoms with van der Waals surface area (Å²) in [5, 5.41) is 12.0. The molecule has 3 aromatic carbocycles. The molecule has 0 bridgehead atoms. The molecular weight excluding hydrogens is 366 g/mol. The summed E-state index contributed by atoms with van der Waals surface area (Å²) >= 11 is 0. The molecule has 3 rings (SSSR count). The molecule has 5 nitrogen and oxygen atoms in total. The van der Waals surface area contributed by atoms with Gasteiger partial charge in [-0.15, -0.1) is 0 Å². The van der Waals surface area contributed by atoms with Crippen LogP contribution in [0.15, 0.2) is 85.5 Å². The van der Waals surface area contributed by atoms with Gasteiger partial charge in [-0.1, -0.05) is 49.1 Å². The topological polar surface area (TPSA) is 67.8 Å². The van der Waals surface area contributed by atoms with E-state index in [4.69, 9.17) is 9.47 Å². The third-order valence-electron chi connectivity index (χ3n) is 3.92. The van der Waals surface area contributed by atoms with E-state index >= 15 is 0 Å². The number of anilines is 1. The summed E-state index contributed by atoms with van der Waals surface area (Å²) in [6.45, 7) is 4.01. The number of phenolic OH excluding ortho intramolecular Hbond substituents is 1. The summed E-state index contributed by atoms with van der Waals surface area (Å²) < 4.78 is 10.6. The van der Waals surface area contributed by atoms with Crippen LogP contribution in [0.4, 0.5) is 10.5 Å². The largest absolute Gasteiger partial charge is 0.508 e. The second-order valence-electron chi connectivity index (χ2n) is 6.13. The highest BCUT2D eigenvalue weighted by atomic mass is 16.6. The zero-order valence-corrected chi connectivity index (χ0v) is 15.7. The van der Waals surface area contributed by atoms with Crippen molar-refractivity contribution < 1.29 is 19.4 Å². The number of carbonyl (C=O) groups is 1. The summed E-state index contributed by atoms with van der Waals surface area (Å²) in [4.78, 5) is 12.0. The monoisotopic (exact) mass is 387 g/mol. The smallest absolute Gasteiger partial charge is 0.417 e. The third kappa shape index (κ3) is 6.29. The van der Waals surface area contributed by atoms with Gasteiger partial charge < -0.3 is 14.6 Å². The lowest BCUT2D eigenvalue weighted by Gasteiger charge is -2.08. The van der Waals surface area contributed by atoms with Crippen LogP contribution in [0.5, 0.6) is 17.2 Å². The third-order valence-corrected chi connectivity index (χ3v) is 3.92. The molecule has 0 aliphatic heterocycles. The van der Waals surface area contributed by atoms with Gasteiger partial charge in [-0.2, -0.15) is 0 Å². The van der Waals surface area contributed by atoms with Gasteiger partial charge in [0.25, 0.3) is 0 Å². The zero-order chi connectivity index (χ0) is 20.5. The standard InChI is InChI=1S/C24H21NO4/c1-2-17-28-22-13-15-23(16-14-22)29-24(27)25-20-9-5-18(6-10-20)3-4-19-7-11-21(26)12-8-19/h2-16,26H,1,17H2,(H,25,27). The lowest BCUT2D eigenvalue weighted by Crippen LogP contribution is -2.16. The Bertz CT molecular complexity index is 975. The highest BCUT2D eigenvalue weighted by Gasteiger charge is 2.05. The predicted molar refractivity (Wildman–Crippen MR) is 115 cm³/mol. The van der Waals surface area contributed by atoms with E-state index < -0.39 is 6.09 Å². The Morgan fingerprint density at radius 1 is 0.862 bits per heavy atom. The Morgan fingerprint density at radius 3 is 2.00 bits per heavy atom. The van der Waals surface area contributed by atoms with Crippen LogP contribution < -0.4 is 14.8 Å². The Hall–Kier alpha value is -3.99. The Morgan fingerprint density at radius 2 is 1.41 bits per heavy atom. The number of nitrogens with one attached hydrogen (secondary N) is 1. The van der Waals surface area contributed by atoms with Crippen molar-refractivity contribution in [1.82, 2.24) is 0 Å². The molecule has 0 aliphatic carbocycles. The first kappa shape index (κ1) is 19.8. The van der Waals surface area contributed by atoms with Gasteiger partial charge in [-0.25, -0.2) is 4.79 Å². The van der Waals surface area contributed by atoms with Gasteiger partial charge in [0.15, 0.2) is 0 Å². The molecule has 2 N–H and O–H groups in total. The maximum atomic E-state index is 12.0. The fraction of sp³-hybridized carbons (Fsp3) is 0.0417. The number of hydrogen-bond acceptors (Lipinski definition) is 4. The summed E-state index contributed by atoms with van der Waals surface area (Å²) in [6, 6.07) is 21.1. The normalized spacial score (nSPS) is 10.5. The van der Waals surface area contributed by atoms with Crippen LogP contribution in [0.1, 0.15) is 11.1 Å². The lowest BCUT2D eigenvalue weighted by molar-refractivity contribution is 0.215. The van der Waals surface area contributed by atoms with Gasteiger partial charge in [0.2, 0.25) is 0 Å². The maximum Gasteiger partial charge on any atom is 0.417 e. The van der Waals surface area contributed by atoms with Crippen LogP contribution in [0, 0.1) is 0 Å². The van der Waals surface area contributed by atoms with E-state index in [0.29, 0.717) is 23.8 Å². The van der Waals surface area contributed by atoms with Crippen LogP contribution >= 0.6 is 0 Å². The number of ether oxygens (including phenoxy) is 2. The lowest BCUT2D eigenvalue weighted by atomic mass is 10.1. The van der Waals surface area contributed by atoms with E-state index in [1.54, 1.807) is 54.6 Å². The van der Waals surface area contributed by atoms with Crippen LogP contribution in [0.3, 0.4) is 0 Å². The highest BCUT2D eigenvalue weighted by molar-refractivity contribution is 5.86. The van der Waals surface area contributed by atoms with E-state index in [-0.39, 0.29) is 5.75 Å². The van der Waals surface area contributed by atoms with Crippen molar-refractivity contribution in [3.8, 4) is 17.2 Å². The van der Waals surface area contributed by atoms with E-state index in [1.165, 1.54) is 0 Å². The Labute approximate surface area is 169 Å². The van der Waals surface area contributed by atoms with Crippen LogP contribution in [-0.4, -0.2) is 17.8 Å². The molecule has 0 radical (unpaired) electrons. The van der Waals surface area contributed by atoms with Crippen molar-refractivity contribution in [2.75, 3.05) is 11.9 Å². The molecule has 1 amide bonds. The molecule has 0 saturated carbocycles. The summed E-state index contributed by atoms with van der Waals surface area (Å²) in [5.74, 6) is 1.33. The molecule has 3 aromatic rings. The number of hydrogen-bond donors (Lipinski definition) is 2. The average molecular weight is 387 g/mol. The highest BCUT2D eigenvalue weighted by Crippen LogP contribution is 2.19. The van der Waals surface area contributed by atoms with Gasteiger partial charge in [0.1, 0.15) is 23.9 Å². The summed E-state index contributed by atoms with van der Waals surface area (Å²) in [5.41, 5.74) is 2.59. The number of rotatable bonds is 7. The molecule has 0 spiro atoms. The van der Waals surface area contributed by atoms with Gasteiger partial charge in [0, 0.05) is 5.69 Å². The van der Waals surface area contributed by atoms with Crippen LogP contribution in [0.25, 0.3) is 12.2 Å². The minimum absolute atomic E-state index is 0.237. The van der Waals surface area contributed by atoms with E-state index in [1.807, 2.05) is 36.4 Å². The van der Waals surface area contributed by atoms with E-state index in [9.17, 15) is 9.90 Å². The molecule has 5 heteroatoms.